The number of hydrogen-bond donors (Lipinski definition) is 3. The van der Waals surface area contributed by atoms with Gasteiger partial charge in [-0.05, 0) is 30.2 Å². The molecule has 0 aliphatic heterocycles. The summed E-state index contributed by atoms with van der Waals surface area (Å²) in [5.41, 5.74) is 0.897. The smallest absolute Gasteiger partial charge is 0.258 e. The first kappa shape index (κ1) is 18.6. The van der Waals surface area contributed by atoms with Crippen molar-refractivity contribution in [3.8, 4) is 0 Å². The normalized spacial score (nSPS) is 18.3. The fourth-order valence-electron chi connectivity index (χ4n) is 2.36. The van der Waals surface area contributed by atoms with Gasteiger partial charge in [-0.15, -0.1) is 0 Å². The van der Waals surface area contributed by atoms with Crippen molar-refractivity contribution in [2.45, 2.75) is 19.2 Å². The lowest BCUT2D eigenvalue weighted by molar-refractivity contribution is -0.117. The summed E-state index contributed by atoms with van der Waals surface area (Å²) in [5.74, 6) is -1.45. The summed E-state index contributed by atoms with van der Waals surface area (Å²) in [4.78, 5) is 28.2. The Morgan fingerprint density at radius 2 is 1.88 bits per heavy atom. The maximum atomic E-state index is 12.9. The molecule has 1 fully saturated rings. The molecule has 6 nitrogen and oxygen atoms in total. The van der Waals surface area contributed by atoms with Crippen molar-refractivity contribution in [2.75, 3.05) is 10.6 Å². The van der Waals surface area contributed by atoms with E-state index in [-0.39, 0.29) is 34.5 Å². The second-order valence-corrected chi connectivity index (χ2v) is 6.64. The minimum atomic E-state index is -1.11. The predicted molar refractivity (Wildman–Crippen MR) is 96.2 cm³/mol. The molecule has 1 aromatic carbocycles. The van der Waals surface area contributed by atoms with Crippen LogP contribution in [0.3, 0.4) is 0 Å². The number of alkyl halides is 1. The van der Waals surface area contributed by atoms with E-state index in [4.69, 9.17) is 28.3 Å². The van der Waals surface area contributed by atoms with Gasteiger partial charge in [-0.25, -0.2) is 9.37 Å². The Bertz CT molecular complexity index is 855. The molecule has 3 N–H and O–H groups in total. The first-order valence-electron chi connectivity index (χ1n) is 7.70. The van der Waals surface area contributed by atoms with E-state index in [1.807, 2.05) is 0 Å². The number of aliphatic hydroxyl groups is 1. The molecule has 2 atom stereocenters. The number of carbonyl (C=O) groups is 2. The molecule has 0 bridgehead atoms. The van der Waals surface area contributed by atoms with Gasteiger partial charge in [0, 0.05) is 18.0 Å². The third kappa shape index (κ3) is 4.12. The lowest BCUT2D eigenvalue weighted by Crippen LogP contribution is -2.17. The van der Waals surface area contributed by atoms with Crippen LogP contribution in [-0.4, -0.2) is 28.1 Å². The molecule has 2 aromatic rings. The van der Waals surface area contributed by atoms with Gasteiger partial charge in [-0.1, -0.05) is 23.2 Å². The van der Waals surface area contributed by atoms with Gasteiger partial charge in [0.2, 0.25) is 5.91 Å². The zero-order valence-electron chi connectivity index (χ0n) is 13.3. The number of pyridine rings is 1. The summed E-state index contributed by atoms with van der Waals surface area (Å²) >= 11 is 12.1. The fraction of sp³-hybridized carbons (Fsp3) is 0.235. The SMILES string of the molecule is O=C(Nc1ccnc(NC(=O)[C@H]2C[C@@H]2F)c1)c1c(Cl)cc(CO)cc1Cl. The number of amides is 2. The third-order valence-corrected chi connectivity index (χ3v) is 4.43. The van der Waals surface area contributed by atoms with Crippen LogP contribution in [-0.2, 0) is 11.4 Å². The van der Waals surface area contributed by atoms with E-state index < -0.39 is 23.9 Å². The van der Waals surface area contributed by atoms with Gasteiger partial charge in [0.1, 0.15) is 12.0 Å². The second-order valence-electron chi connectivity index (χ2n) is 5.82. The maximum absolute atomic E-state index is 12.9. The lowest BCUT2D eigenvalue weighted by atomic mass is 10.1. The highest BCUT2D eigenvalue weighted by atomic mass is 35.5. The van der Waals surface area contributed by atoms with Crippen molar-refractivity contribution in [1.29, 1.82) is 0 Å². The number of nitrogens with zero attached hydrogens (tertiary/aromatic N) is 1. The summed E-state index contributed by atoms with van der Waals surface area (Å²) in [6.45, 7) is -0.254. The average Bonchev–Trinajstić information content (AvgIpc) is 3.31. The molecule has 3 rings (SSSR count). The van der Waals surface area contributed by atoms with Gasteiger partial charge in [0.25, 0.3) is 5.91 Å². The number of halogens is 3. The summed E-state index contributed by atoms with van der Waals surface area (Å²) < 4.78 is 12.9. The topological polar surface area (TPSA) is 91.3 Å². The Balaban J connectivity index is 1.74. The summed E-state index contributed by atoms with van der Waals surface area (Å²) in [5, 5.41) is 14.4. The van der Waals surface area contributed by atoms with E-state index in [1.54, 1.807) is 0 Å². The van der Waals surface area contributed by atoms with Crippen molar-refractivity contribution in [2.24, 2.45) is 5.92 Å². The largest absolute Gasteiger partial charge is 0.392 e. The molecule has 26 heavy (non-hydrogen) atoms. The number of aliphatic hydroxyl groups excluding tert-OH is 1. The standard InChI is InChI=1S/C17H14Cl2FN3O3/c18-11-3-8(7-24)4-12(19)15(11)17(26)22-9-1-2-21-14(5-9)23-16(25)10-6-13(10)20/h1-5,10,13,24H,6-7H2,(H2,21,22,23,25,26)/t10-,13-/m0/s1. The zero-order chi connectivity index (χ0) is 18.8. The van der Waals surface area contributed by atoms with Gasteiger partial charge in [-0.2, -0.15) is 0 Å². The van der Waals surface area contributed by atoms with E-state index in [1.165, 1.54) is 30.5 Å². The molecule has 1 saturated carbocycles. The minimum Gasteiger partial charge on any atom is -0.392 e. The highest BCUT2D eigenvalue weighted by Gasteiger charge is 2.43. The quantitative estimate of drug-likeness (QED) is 0.720. The average molecular weight is 398 g/mol. The van der Waals surface area contributed by atoms with Crippen molar-refractivity contribution in [3.05, 3.63) is 51.6 Å². The minimum absolute atomic E-state index is 0.0613. The molecular weight excluding hydrogens is 384 g/mol. The Labute approximate surface area is 158 Å². The fourth-order valence-corrected chi connectivity index (χ4v) is 3.06. The molecule has 1 heterocycles. The molecule has 1 aliphatic carbocycles. The van der Waals surface area contributed by atoms with Crippen LogP contribution in [0.5, 0.6) is 0 Å². The van der Waals surface area contributed by atoms with Crippen molar-refractivity contribution >= 4 is 46.5 Å². The number of rotatable bonds is 5. The van der Waals surface area contributed by atoms with Crippen LogP contribution in [0.15, 0.2) is 30.5 Å². The number of aromatic nitrogens is 1. The van der Waals surface area contributed by atoms with Gasteiger partial charge in [0.05, 0.1) is 28.1 Å². The summed E-state index contributed by atoms with van der Waals surface area (Å²) in [6.07, 6.45) is 0.496. The number of nitrogens with one attached hydrogen (secondary N) is 2. The highest BCUT2D eigenvalue weighted by Crippen LogP contribution is 2.34. The Morgan fingerprint density at radius 1 is 1.23 bits per heavy atom. The molecule has 0 saturated heterocycles. The zero-order valence-corrected chi connectivity index (χ0v) is 14.8. The van der Waals surface area contributed by atoms with Crippen LogP contribution in [0.4, 0.5) is 15.9 Å². The molecule has 0 unspecified atom stereocenters. The highest BCUT2D eigenvalue weighted by molar-refractivity contribution is 6.40. The Morgan fingerprint density at radius 3 is 2.46 bits per heavy atom. The number of benzene rings is 1. The molecule has 2 amide bonds. The maximum Gasteiger partial charge on any atom is 0.258 e. The van der Waals surface area contributed by atoms with Gasteiger partial charge in [-0.3, -0.25) is 9.59 Å². The van der Waals surface area contributed by atoms with Crippen molar-refractivity contribution in [3.63, 3.8) is 0 Å². The second kappa shape index (κ2) is 7.57. The van der Waals surface area contributed by atoms with Crippen LogP contribution < -0.4 is 10.6 Å². The van der Waals surface area contributed by atoms with Crippen LogP contribution >= 0.6 is 23.2 Å². The van der Waals surface area contributed by atoms with Gasteiger partial charge in [0.15, 0.2) is 0 Å². The first-order chi connectivity index (χ1) is 12.4. The molecule has 136 valence electrons. The van der Waals surface area contributed by atoms with Gasteiger partial charge >= 0.3 is 0 Å². The molecule has 1 aliphatic rings. The molecule has 1 aromatic heterocycles. The molecule has 9 heteroatoms. The van der Waals surface area contributed by atoms with E-state index >= 15 is 0 Å². The van der Waals surface area contributed by atoms with Crippen LogP contribution in [0.2, 0.25) is 10.0 Å². The number of anilines is 2. The van der Waals surface area contributed by atoms with E-state index in [9.17, 15) is 14.0 Å². The summed E-state index contributed by atoms with van der Waals surface area (Å²) in [6, 6.07) is 5.86. The van der Waals surface area contributed by atoms with E-state index in [2.05, 4.69) is 15.6 Å². The monoisotopic (exact) mass is 397 g/mol. The van der Waals surface area contributed by atoms with Crippen LogP contribution in [0.1, 0.15) is 22.3 Å². The number of hydrogen-bond acceptors (Lipinski definition) is 4. The van der Waals surface area contributed by atoms with Crippen molar-refractivity contribution < 1.29 is 19.1 Å². The summed E-state index contributed by atoms with van der Waals surface area (Å²) in [7, 11) is 0. The van der Waals surface area contributed by atoms with Gasteiger partial charge < -0.3 is 15.7 Å². The van der Waals surface area contributed by atoms with E-state index in [0.29, 0.717) is 11.3 Å². The Hall–Kier alpha value is -2.22. The lowest BCUT2D eigenvalue weighted by Gasteiger charge is -2.11. The predicted octanol–water partition coefficient (Wildman–Crippen LogP) is 3.43. The first-order valence-corrected chi connectivity index (χ1v) is 8.45. The molecule has 0 radical (unpaired) electrons. The van der Waals surface area contributed by atoms with E-state index in [0.717, 1.165) is 0 Å². The molecule has 0 spiro atoms. The van der Waals surface area contributed by atoms with Crippen molar-refractivity contribution in [1.82, 2.24) is 4.98 Å². The van der Waals surface area contributed by atoms with Crippen LogP contribution in [0.25, 0.3) is 0 Å². The number of carbonyl (C=O) groups excluding carboxylic acids is 2. The molecular formula is C17H14Cl2FN3O3. The third-order valence-electron chi connectivity index (χ3n) is 3.83. The van der Waals surface area contributed by atoms with Crippen LogP contribution in [0, 0.1) is 5.92 Å². The Kier molecular flexibility index (Phi) is 5.41.